The first kappa shape index (κ1) is 13.4. The number of nitrogens with zero attached hydrogens (tertiary/aromatic N) is 3. The molecule has 19 heavy (non-hydrogen) atoms. The van der Waals surface area contributed by atoms with Gasteiger partial charge in [0.2, 0.25) is 11.9 Å². The fourth-order valence-electron chi connectivity index (χ4n) is 1.47. The number of aromatic nitrogens is 3. The molecule has 0 saturated carbocycles. The van der Waals surface area contributed by atoms with Gasteiger partial charge in [0.25, 0.3) is 0 Å². The van der Waals surface area contributed by atoms with Crippen molar-refractivity contribution in [3.05, 3.63) is 34.9 Å². The number of benzene rings is 1. The van der Waals surface area contributed by atoms with E-state index in [1.165, 1.54) is 0 Å². The fraction of sp³-hybridized carbons (Fsp3) is 0.250. The van der Waals surface area contributed by atoms with Crippen molar-refractivity contribution in [2.75, 3.05) is 17.7 Å². The van der Waals surface area contributed by atoms with E-state index in [1.807, 2.05) is 31.2 Å². The summed E-state index contributed by atoms with van der Waals surface area (Å²) < 4.78 is 5.20. The van der Waals surface area contributed by atoms with Crippen molar-refractivity contribution in [3.8, 4) is 6.01 Å². The number of nitrogen functional groups attached to an aromatic ring is 1. The molecular formula is C12H14ClN5O. The van der Waals surface area contributed by atoms with E-state index in [4.69, 9.17) is 22.1 Å². The number of rotatable bonds is 5. The molecule has 0 saturated heterocycles. The number of nitrogens with one attached hydrogen (secondary N) is 1. The molecule has 6 nitrogen and oxygen atoms in total. The quantitative estimate of drug-likeness (QED) is 0.872. The van der Waals surface area contributed by atoms with Crippen LogP contribution in [0.1, 0.15) is 12.5 Å². The Bertz CT molecular complexity index is 564. The van der Waals surface area contributed by atoms with Gasteiger partial charge in [-0.05, 0) is 24.6 Å². The number of ether oxygens (including phenoxy) is 1. The molecule has 1 aromatic carbocycles. The van der Waals surface area contributed by atoms with E-state index >= 15 is 0 Å². The summed E-state index contributed by atoms with van der Waals surface area (Å²) in [5, 5.41) is 3.73. The van der Waals surface area contributed by atoms with Crippen LogP contribution in [0.15, 0.2) is 24.3 Å². The number of hydrogen-bond acceptors (Lipinski definition) is 6. The first-order valence-electron chi connectivity index (χ1n) is 5.80. The van der Waals surface area contributed by atoms with Crippen LogP contribution in [0.4, 0.5) is 11.9 Å². The molecule has 0 radical (unpaired) electrons. The number of anilines is 2. The Morgan fingerprint density at radius 2 is 2.16 bits per heavy atom. The van der Waals surface area contributed by atoms with Crippen LogP contribution in [-0.4, -0.2) is 21.6 Å². The molecule has 0 aliphatic rings. The Morgan fingerprint density at radius 3 is 2.89 bits per heavy atom. The Labute approximate surface area is 116 Å². The maximum absolute atomic E-state index is 5.91. The van der Waals surface area contributed by atoms with Gasteiger partial charge in [0.05, 0.1) is 6.61 Å². The summed E-state index contributed by atoms with van der Waals surface area (Å²) in [5.41, 5.74) is 6.60. The lowest BCUT2D eigenvalue weighted by molar-refractivity contribution is 0.312. The Hall–Kier alpha value is -2.08. The first-order chi connectivity index (χ1) is 9.17. The third-order valence-electron chi connectivity index (χ3n) is 2.25. The van der Waals surface area contributed by atoms with Gasteiger partial charge in [0, 0.05) is 11.6 Å². The van der Waals surface area contributed by atoms with Gasteiger partial charge in [-0.1, -0.05) is 23.7 Å². The molecule has 3 N–H and O–H groups in total. The molecule has 0 amide bonds. The molecule has 0 aliphatic carbocycles. The minimum atomic E-state index is 0.118. The molecule has 0 atom stereocenters. The van der Waals surface area contributed by atoms with E-state index in [0.717, 1.165) is 5.56 Å². The van der Waals surface area contributed by atoms with Gasteiger partial charge >= 0.3 is 6.01 Å². The van der Waals surface area contributed by atoms with Gasteiger partial charge in [-0.15, -0.1) is 0 Å². The fourth-order valence-corrected chi connectivity index (χ4v) is 1.69. The summed E-state index contributed by atoms with van der Waals surface area (Å²) in [6.45, 7) is 2.85. The van der Waals surface area contributed by atoms with E-state index in [2.05, 4.69) is 20.3 Å². The molecule has 0 aliphatic heterocycles. The summed E-state index contributed by atoms with van der Waals surface area (Å²) in [6, 6.07) is 7.73. The van der Waals surface area contributed by atoms with E-state index in [-0.39, 0.29) is 12.0 Å². The average molecular weight is 280 g/mol. The third-order valence-corrected chi connectivity index (χ3v) is 2.48. The normalized spacial score (nSPS) is 10.2. The zero-order chi connectivity index (χ0) is 13.7. The van der Waals surface area contributed by atoms with Crippen molar-refractivity contribution in [2.24, 2.45) is 0 Å². The second kappa shape index (κ2) is 6.19. The molecule has 0 unspecified atom stereocenters. The lowest BCUT2D eigenvalue weighted by Crippen LogP contribution is -2.09. The van der Waals surface area contributed by atoms with Crippen LogP contribution in [-0.2, 0) is 6.54 Å². The van der Waals surface area contributed by atoms with Gasteiger partial charge in [0.15, 0.2) is 0 Å². The topological polar surface area (TPSA) is 86.0 Å². The van der Waals surface area contributed by atoms with Crippen LogP contribution in [0.3, 0.4) is 0 Å². The van der Waals surface area contributed by atoms with E-state index in [0.29, 0.717) is 24.1 Å². The molecule has 7 heteroatoms. The van der Waals surface area contributed by atoms with Crippen LogP contribution < -0.4 is 15.8 Å². The molecule has 0 bridgehead atoms. The molecule has 1 aromatic heterocycles. The second-order valence-electron chi connectivity index (χ2n) is 3.72. The monoisotopic (exact) mass is 279 g/mol. The first-order valence-corrected chi connectivity index (χ1v) is 6.18. The Morgan fingerprint density at radius 1 is 1.32 bits per heavy atom. The van der Waals surface area contributed by atoms with Crippen LogP contribution in [0.25, 0.3) is 0 Å². The van der Waals surface area contributed by atoms with Crippen LogP contribution >= 0.6 is 11.6 Å². The smallest absolute Gasteiger partial charge is 0.323 e. The van der Waals surface area contributed by atoms with Crippen LogP contribution in [0.5, 0.6) is 6.01 Å². The minimum Gasteiger partial charge on any atom is -0.464 e. The van der Waals surface area contributed by atoms with Crippen molar-refractivity contribution in [1.29, 1.82) is 0 Å². The van der Waals surface area contributed by atoms with Crippen molar-refractivity contribution in [1.82, 2.24) is 15.0 Å². The molecule has 2 rings (SSSR count). The van der Waals surface area contributed by atoms with Crippen molar-refractivity contribution < 1.29 is 4.74 Å². The summed E-state index contributed by atoms with van der Waals surface area (Å²) in [4.78, 5) is 11.9. The zero-order valence-corrected chi connectivity index (χ0v) is 11.2. The average Bonchev–Trinajstić information content (AvgIpc) is 2.36. The highest BCUT2D eigenvalue weighted by molar-refractivity contribution is 6.30. The summed E-state index contributed by atoms with van der Waals surface area (Å²) in [6.07, 6.45) is 0. The Balaban J connectivity index is 2.06. The van der Waals surface area contributed by atoms with E-state index in [1.54, 1.807) is 0 Å². The van der Waals surface area contributed by atoms with Crippen molar-refractivity contribution in [2.45, 2.75) is 13.5 Å². The lowest BCUT2D eigenvalue weighted by Gasteiger charge is -2.07. The highest BCUT2D eigenvalue weighted by Gasteiger charge is 2.04. The predicted octanol–water partition coefficient (Wildman–Crippen LogP) is 2.12. The molecular weight excluding hydrogens is 266 g/mol. The summed E-state index contributed by atoms with van der Waals surface area (Å²) in [5.74, 6) is 0.489. The second-order valence-corrected chi connectivity index (χ2v) is 4.15. The molecule has 1 heterocycles. The van der Waals surface area contributed by atoms with Gasteiger partial charge in [0.1, 0.15) is 0 Å². The summed E-state index contributed by atoms with van der Waals surface area (Å²) >= 11 is 5.91. The number of halogens is 1. The number of nitrogens with two attached hydrogens (primary N) is 1. The molecule has 0 fully saturated rings. The molecule has 2 aromatic rings. The SMILES string of the molecule is CCOc1nc(N)nc(NCc2cccc(Cl)c2)n1. The zero-order valence-electron chi connectivity index (χ0n) is 10.4. The largest absolute Gasteiger partial charge is 0.464 e. The Kier molecular flexibility index (Phi) is 4.35. The van der Waals surface area contributed by atoms with Crippen LogP contribution in [0, 0.1) is 0 Å². The van der Waals surface area contributed by atoms with Gasteiger partial charge in [-0.25, -0.2) is 0 Å². The standard InChI is InChI=1S/C12H14ClN5O/c1-2-19-12-17-10(14)16-11(18-12)15-7-8-4-3-5-9(13)6-8/h3-6H,2,7H2,1H3,(H3,14,15,16,17,18). The van der Waals surface area contributed by atoms with Crippen molar-refractivity contribution in [3.63, 3.8) is 0 Å². The predicted molar refractivity (Wildman–Crippen MR) is 74.2 cm³/mol. The van der Waals surface area contributed by atoms with Crippen LogP contribution in [0.2, 0.25) is 5.02 Å². The summed E-state index contributed by atoms with van der Waals surface area (Å²) in [7, 11) is 0. The maximum Gasteiger partial charge on any atom is 0.323 e. The van der Waals surface area contributed by atoms with Crippen molar-refractivity contribution >= 4 is 23.5 Å². The van der Waals surface area contributed by atoms with Gasteiger partial charge in [-0.2, -0.15) is 15.0 Å². The maximum atomic E-state index is 5.91. The minimum absolute atomic E-state index is 0.118. The van der Waals surface area contributed by atoms with E-state index < -0.39 is 0 Å². The molecule has 0 spiro atoms. The highest BCUT2D eigenvalue weighted by atomic mass is 35.5. The van der Waals surface area contributed by atoms with Gasteiger partial charge in [-0.3, -0.25) is 0 Å². The third kappa shape index (κ3) is 3.96. The van der Waals surface area contributed by atoms with Gasteiger partial charge < -0.3 is 15.8 Å². The molecule has 100 valence electrons. The lowest BCUT2D eigenvalue weighted by atomic mass is 10.2. The van der Waals surface area contributed by atoms with E-state index in [9.17, 15) is 0 Å². The highest BCUT2D eigenvalue weighted by Crippen LogP contribution is 2.13. The number of hydrogen-bond donors (Lipinski definition) is 2.